The molecule has 0 saturated heterocycles. The number of thioether (sulfide) groups is 1. The summed E-state index contributed by atoms with van der Waals surface area (Å²) >= 11 is 6.80. The Bertz CT molecular complexity index is 404. The zero-order valence-corrected chi connectivity index (χ0v) is 9.72. The number of alkyl halides is 3. The van der Waals surface area contributed by atoms with Gasteiger partial charge in [-0.1, -0.05) is 18.2 Å². The molecule has 0 aliphatic carbocycles. The molecule has 0 bridgehead atoms. The molecule has 6 heteroatoms. The fourth-order valence-corrected chi connectivity index (χ4v) is 1.88. The average molecular weight is 268 g/mol. The molecule has 2 N–H and O–H groups in total. The van der Waals surface area contributed by atoms with E-state index in [0.29, 0.717) is 15.7 Å². The highest BCUT2D eigenvalue weighted by atomic mass is 35.5. The van der Waals surface area contributed by atoms with Crippen molar-refractivity contribution in [1.82, 2.24) is 0 Å². The van der Waals surface area contributed by atoms with Gasteiger partial charge in [-0.05, 0) is 18.2 Å². The summed E-state index contributed by atoms with van der Waals surface area (Å²) in [6, 6.07) is 3.25. The first-order valence-electron chi connectivity index (χ1n) is 4.23. The van der Waals surface area contributed by atoms with Crippen LogP contribution in [0.15, 0.2) is 34.7 Å². The van der Waals surface area contributed by atoms with E-state index in [-0.39, 0.29) is 5.69 Å². The van der Waals surface area contributed by atoms with E-state index >= 15 is 0 Å². The van der Waals surface area contributed by atoms with Crippen LogP contribution in [0, 0.1) is 0 Å². The zero-order valence-electron chi connectivity index (χ0n) is 8.14. The standard InChI is InChI=1S/C10H9ClF3NS/c1-6(11)5-16-9-3-2-7(4-8(9)15)10(12,13)14/h2-4H,1,5,15H2. The molecule has 1 nitrogen and oxygen atoms in total. The number of hydrogen-bond donors (Lipinski definition) is 1. The Morgan fingerprint density at radius 3 is 2.50 bits per heavy atom. The summed E-state index contributed by atoms with van der Waals surface area (Å²) in [4.78, 5) is 0.565. The van der Waals surface area contributed by atoms with E-state index in [1.165, 1.54) is 17.8 Å². The van der Waals surface area contributed by atoms with E-state index < -0.39 is 11.7 Å². The molecule has 88 valence electrons. The number of hydrogen-bond acceptors (Lipinski definition) is 2. The summed E-state index contributed by atoms with van der Waals surface area (Å²) in [5.41, 5.74) is 4.85. The number of anilines is 1. The highest BCUT2D eigenvalue weighted by molar-refractivity contribution is 7.99. The van der Waals surface area contributed by atoms with Gasteiger partial charge in [-0.15, -0.1) is 11.8 Å². The second kappa shape index (κ2) is 5.01. The summed E-state index contributed by atoms with van der Waals surface area (Å²) in [5.74, 6) is 0.414. The Morgan fingerprint density at radius 1 is 1.44 bits per heavy atom. The van der Waals surface area contributed by atoms with Crippen molar-refractivity contribution in [2.75, 3.05) is 11.5 Å². The van der Waals surface area contributed by atoms with Crippen LogP contribution in [0.4, 0.5) is 18.9 Å². The smallest absolute Gasteiger partial charge is 0.398 e. The first-order chi connectivity index (χ1) is 7.30. The van der Waals surface area contributed by atoms with Gasteiger partial charge in [0.1, 0.15) is 0 Å². The number of nitrogen functional groups attached to an aromatic ring is 1. The number of halogens is 4. The van der Waals surface area contributed by atoms with E-state index in [9.17, 15) is 13.2 Å². The van der Waals surface area contributed by atoms with Crippen LogP contribution in [0.25, 0.3) is 0 Å². The molecule has 0 atom stereocenters. The Kier molecular flexibility index (Phi) is 4.15. The third-order valence-electron chi connectivity index (χ3n) is 1.72. The normalized spacial score (nSPS) is 11.5. The van der Waals surface area contributed by atoms with Crippen LogP contribution in [0.1, 0.15) is 5.56 Å². The number of benzene rings is 1. The van der Waals surface area contributed by atoms with Crippen molar-refractivity contribution < 1.29 is 13.2 Å². The van der Waals surface area contributed by atoms with Gasteiger partial charge in [0.2, 0.25) is 0 Å². The molecule has 0 fully saturated rings. The van der Waals surface area contributed by atoms with Gasteiger partial charge in [0.25, 0.3) is 0 Å². The largest absolute Gasteiger partial charge is 0.416 e. The molecule has 1 rings (SSSR count). The Labute approximate surface area is 100 Å². The van der Waals surface area contributed by atoms with Crippen LogP contribution in [-0.2, 0) is 6.18 Å². The second-order valence-corrected chi connectivity index (χ2v) is 4.61. The Balaban J connectivity index is 2.88. The third-order valence-corrected chi connectivity index (χ3v) is 3.19. The Hall–Kier alpha value is -0.810. The van der Waals surface area contributed by atoms with Crippen LogP contribution in [-0.4, -0.2) is 5.75 Å². The quantitative estimate of drug-likeness (QED) is 0.658. The minimum Gasteiger partial charge on any atom is -0.398 e. The van der Waals surface area contributed by atoms with Gasteiger partial charge in [-0.2, -0.15) is 13.2 Å². The third kappa shape index (κ3) is 3.64. The molecule has 16 heavy (non-hydrogen) atoms. The van der Waals surface area contributed by atoms with E-state index in [0.717, 1.165) is 12.1 Å². The van der Waals surface area contributed by atoms with E-state index in [1.807, 2.05) is 0 Å². The minimum atomic E-state index is -4.37. The summed E-state index contributed by atoms with van der Waals surface area (Å²) in [7, 11) is 0. The predicted molar refractivity (Wildman–Crippen MR) is 61.6 cm³/mol. The maximum Gasteiger partial charge on any atom is 0.416 e. The molecule has 1 aromatic carbocycles. The van der Waals surface area contributed by atoms with Gasteiger partial charge in [0.05, 0.1) is 5.56 Å². The summed E-state index contributed by atoms with van der Waals surface area (Å²) < 4.78 is 36.9. The molecule has 0 heterocycles. The highest BCUT2D eigenvalue weighted by Crippen LogP contribution is 2.34. The monoisotopic (exact) mass is 267 g/mol. The molecular weight excluding hydrogens is 259 g/mol. The van der Waals surface area contributed by atoms with Crippen LogP contribution in [0.3, 0.4) is 0 Å². The summed E-state index contributed by atoms with van der Waals surface area (Å²) in [6.45, 7) is 3.48. The average Bonchev–Trinajstić information content (AvgIpc) is 2.14. The molecule has 0 radical (unpaired) electrons. The van der Waals surface area contributed by atoms with Crippen molar-refractivity contribution in [2.24, 2.45) is 0 Å². The van der Waals surface area contributed by atoms with Crippen molar-refractivity contribution in [3.05, 3.63) is 35.4 Å². The van der Waals surface area contributed by atoms with Crippen LogP contribution in [0.2, 0.25) is 0 Å². The van der Waals surface area contributed by atoms with Gasteiger partial charge in [-0.3, -0.25) is 0 Å². The van der Waals surface area contributed by atoms with Gasteiger partial charge < -0.3 is 5.73 Å². The lowest BCUT2D eigenvalue weighted by Crippen LogP contribution is -2.05. The van der Waals surface area contributed by atoms with E-state index in [2.05, 4.69) is 6.58 Å². The molecular formula is C10H9ClF3NS. The molecule has 1 aromatic rings. The summed E-state index contributed by atoms with van der Waals surface area (Å²) in [6.07, 6.45) is -4.37. The van der Waals surface area contributed by atoms with Gasteiger partial charge in [0.15, 0.2) is 0 Å². The molecule has 0 aromatic heterocycles. The molecule has 0 amide bonds. The Morgan fingerprint density at radius 2 is 2.06 bits per heavy atom. The van der Waals surface area contributed by atoms with Crippen molar-refractivity contribution in [1.29, 1.82) is 0 Å². The maximum atomic E-state index is 12.3. The van der Waals surface area contributed by atoms with Crippen molar-refractivity contribution in [2.45, 2.75) is 11.1 Å². The number of rotatable bonds is 3. The number of nitrogens with two attached hydrogens (primary N) is 1. The first kappa shape index (κ1) is 13.3. The lowest BCUT2D eigenvalue weighted by molar-refractivity contribution is -0.137. The SMILES string of the molecule is C=C(Cl)CSc1ccc(C(F)(F)F)cc1N. The van der Waals surface area contributed by atoms with Crippen molar-refractivity contribution in [3.8, 4) is 0 Å². The predicted octanol–water partition coefficient (Wildman–Crippen LogP) is 4.13. The lowest BCUT2D eigenvalue weighted by Gasteiger charge is -2.10. The summed E-state index contributed by atoms with van der Waals surface area (Å²) in [5, 5.41) is 0.421. The van der Waals surface area contributed by atoms with Crippen LogP contribution in [0.5, 0.6) is 0 Å². The van der Waals surface area contributed by atoms with Crippen molar-refractivity contribution in [3.63, 3.8) is 0 Å². The highest BCUT2D eigenvalue weighted by Gasteiger charge is 2.30. The second-order valence-electron chi connectivity index (χ2n) is 3.06. The van der Waals surface area contributed by atoms with Gasteiger partial charge in [-0.25, -0.2) is 0 Å². The van der Waals surface area contributed by atoms with Crippen LogP contribution < -0.4 is 5.73 Å². The topological polar surface area (TPSA) is 26.0 Å². The fourth-order valence-electron chi connectivity index (χ4n) is 1.01. The van der Waals surface area contributed by atoms with E-state index in [1.54, 1.807) is 0 Å². The van der Waals surface area contributed by atoms with Gasteiger partial charge >= 0.3 is 6.18 Å². The van der Waals surface area contributed by atoms with E-state index in [4.69, 9.17) is 17.3 Å². The lowest BCUT2D eigenvalue weighted by atomic mass is 10.2. The minimum absolute atomic E-state index is 0.0951. The van der Waals surface area contributed by atoms with Gasteiger partial charge in [0, 0.05) is 21.4 Å². The molecule has 0 aliphatic rings. The van der Waals surface area contributed by atoms with Crippen LogP contribution >= 0.6 is 23.4 Å². The molecule has 0 unspecified atom stereocenters. The van der Waals surface area contributed by atoms with Crippen molar-refractivity contribution >= 4 is 29.1 Å². The molecule has 0 aliphatic heterocycles. The first-order valence-corrected chi connectivity index (χ1v) is 5.60. The molecule has 0 spiro atoms. The molecule has 0 saturated carbocycles. The zero-order chi connectivity index (χ0) is 12.3. The maximum absolute atomic E-state index is 12.3. The fraction of sp³-hybridized carbons (Fsp3) is 0.200.